The summed E-state index contributed by atoms with van der Waals surface area (Å²) in [6.45, 7) is 7.67. The van der Waals surface area contributed by atoms with Crippen LogP contribution in [-0.2, 0) is 0 Å². The smallest absolute Gasteiger partial charge is 0.0556 e. The summed E-state index contributed by atoms with van der Waals surface area (Å²) in [6, 6.07) is 4.83. The highest BCUT2D eigenvalue weighted by Crippen LogP contribution is 2.18. The summed E-state index contributed by atoms with van der Waals surface area (Å²) in [7, 11) is 2.18. The number of aryl methyl sites for hydroxylation is 1. The normalized spacial score (nSPS) is 23.1. The van der Waals surface area contributed by atoms with Gasteiger partial charge in [0, 0.05) is 31.4 Å². The monoisotopic (exact) mass is 205 g/mol. The van der Waals surface area contributed by atoms with Crippen molar-refractivity contribution in [1.82, 2.24) is 9.88 Å². The van der Waals surface area contributed by atoms with Crippen molar-refractivity contribution < 1.29 is 0 Å². The summed E-state index contributed by atoms with van der Waals surface area (Å²) in [5.74, 6) is 0. The van der Waals surface area contributed by atoms with Crippen LogP contribution < -0.4 is 4.90 Å². The highest BCUT2D eigenvalue weighted by Gasteiger charge is 2.21. The van der Waals surface area contributed by atoms with E-state index in [9.17, 15) is 0 Å². The number of anilines is 1. The number of aromatic nitrogens is 1. The highest BCUT2D eigenvalue weighted by atomic mass is 15.3. The van der Waals surface area contributed by atoms with Crippen LogP contribution in [-0.4, -0.2) is 42.6 Å². The predicted molar refractivity (Wildman–Crippen MR) is 63.3 cm³/mol. The van der Waals surface area contributed by atoms with Crippen LogP contribution in [0.5, 0.6) is 0 Å². The largest absolute Gasteiger partial charge is 0.365 e. The Labute approximate surface area is 91.7 Å². The van der Waals surface area contributed by atoms with Gasteiger partial charge in [0.2, 0.25) is 0 Å². The summed E-state index contributed by atoms with van der Waals surface area (Å²) < 4.78 is 0. The maximum absolute atomic E-state index is 4.35. The van der Waals surface area contributed by atoms with E-state index in [1.54, 1.807) is 0 Å². The van der Waals surface area contributed by atoms with E-state index in [0.717, 1.165) is 25.3 Å². The molecular formula is C12H19N3. The Kier molecular flexibility index (Phi) is 2.91. The van der Waals surface area contributed by atoms with E-state index < -0.39 is 0 Å². The van der Waals surface area contributed by atoms with Gasteiger partial charge < -0.3 is 9.80 Å². The van der Waals surface area contributed by atoms with Crippen molar-refractivity contribution >= 4 is 5.69 Å². The fraction of sp³-hybridized carbons (Fsp3) is 0.583. The van der Waals surface area contributed by atoms with E-state index >= 15 is 0 Å². The summed E-state index contributed by atoms with van der Waals surface area (Å²) in [5.41, 5.74) is 2.33. The van der Waals surface area contributed by atoms with Crippen LogP contribution in [0.1, 0.15) is 12.6 Å². The van der Waals surface area contributed by atoms with Gasteiger partial charge in [0.1, 0.15) is 0 Å². The second kappa shape index (κ2) is 4.19. The average molecular weight is 205 g/mol. The molecule has 2 rings (SSSR count). The van der Waals surface area contributed by atoms with Gasteiger partial charge in [-0.2, -0.15) is 0 Å². The SMILES string of the molecule is Cc1ccc(N2CCN(C)CC2C)cn1. The number of nitrogens with zero attached hydrogens (tertiary/aromatic N) is 3. The van der Waals surface area contributed by atoms with Gasteiger partial charge in [-0.1, -0.05) is 0 Å². The molecule has 1 fully saturated rings. The van der Waals surface area contributed by atoms with E-state index in [1.807, 2.05) is 13.1 Å². The highest BCUT2D eigenvalue weighted by molar-refractivity contribution is 5.46. The van der Waals surface area contributed by atoms with Crippen molar-refractivity contribution in [3.8, 4) is 0 Å². The predicted octanol–water partition coefficient (Wildman–Crippen LogP) is 1.53. The van der Waals surface area contributed by atoms with Crippen LogP contribution in [0.4, 0.5) is 5.69 Å². The Balaban J connectivity index is 2.13. The molecule has 3 nitrogen and oxygen atoms in total. The molecule has 82 valence electrons. The number of pyridine rings is 1. The van der Waals surface area contributed by atoms with Gasteiger partial charge in [-0.15, -0.1) is 0 Å². The Bertz CT molecular complexity index is 320. The van der Waals surface area contributed by atoms with Crippen molar-refractivity contribution in [3.05, 3.63) is 24.0 Å². The quantitative estimate of drug-likeness (QED) is 0.693. The topological polar surface area (TPSA) is 19.4 Å². The van der Waals surface area contributed by atoms with E-state index in [4.69, 9.17) is 0 Å². The standard InChI is InChI=1S/C12H19N3/c1-10-4-5-12(8-13-10)15-7-6-14(3)9-11(15)2/h4-5,8,11H,6-7,9H2,1-3H3. The van der Waals surface area contributed by atoms with Crippen molar-refractivity contribution in [2.75, 3.05) is 31.6 Å². The molecular weight excluding hydrogens is 186 g/mol. The second-order valence-electron chi connectivity index (χ2n) is 4.46. The lowest BCUT2D eigenvalue weighted by molar-refractivity contribution is 0.275. The number of piperazine rings is 1. The molecule has 0 aromatic carbocycles. The molecule has 2 heterocycles. The minimum Gasteiger partial charge on any atom is -0.365 e. The Morgan fingerprint density at radius 3 is 2.73 bits per heavy atom. The van der Waals surface area contributed by atoms with Crippen LogP contribution in [0.2, 0.25) is 0 Å². The molecule has 1 aromatic rings. The first-order valence-electron chi connectivity index (χ1n) is 5.54. The molecule has 0 bridgehead atoms. The van der Waals surface area contributed by atoms with Crippen molar-refractivity contribution in [2.45, 2.75) is 19.9 Å². The Morgan fingerprint density at radius 1 is 1.33 bits per heavy atom. The maximum Gasteiger partial charge on any atom is 0.0556 e. The van der Waals surface area contributed by atoms with Gasteiger partial charge in [0.15, 0.2) is 0 Å². The number of hydrogen-bond donors (Lipinski definition) is 0. The number of rotatable bonds is 1. The molecule has 15 heavy (non-hydrogen) atoms. The van der Waals surface area contributed by atoms with E-state index in [-0.39, 0.29) is 0 Å². The molecule has 0 amide bonds. The molecule has 1 aliphatic rings. The fourth-order valence-electron chi connectivity index (χ4n) is 2.15. The van der Waals surface area contributed by atoms with Gasteiger partial charge in [-0.3, -0.25) is 4.98 Å². The lowest BCUT2D eigenvalue weighted by Crippen LogP contribution is -2.50. The third kappa shape index (κ3) is 2.29. The number of hydrogen-bond acceptors (Lipinski definition) is 3. The van der Waals surface area contributed by atoms with Crippen LogP contribution in [0, 0.1) is 6.92 Å². The third-order valence-electron chi connectivity index (χ3n) is 3.06. The summed E-state index contributed by atoms with van der Waals surface area (Å²) in [4.78, 5) is 9.17. The maximum atomic E-state index is 4.35. The minimum absolute atomic E-state index is 0.577. The molecule has 1 aromatic heterocycles. The van der Waals surface area contributed by atoms with E-state index in [0.29, 0.717) is 6.04 Å². The first-order valence-corrected chi connectivity index (χ1v) is 5.54. The van der Waals surface area contributed by atoms with Crippen LogP contribution in [0.25, 0.3) is 0 Å². The van der Waals surface area contributed by atoms with Gasteiger partial charge >= 0.3 is 0 Å². The first-order chi connectivity index (χ1) is 7.16. The third-order valence-corrected chi connectivity index (χ3v) is 3.06. The molecule has 0 radical (unpaired) electrons. The molecule has 0 spiro atoms. The number of likely N-dealkylation sites (N-methyl/N-ethyl adjacent to an activating group) is 1. The van der Waals surface area contributed by atoms with Gasteiger partial charge in [0.25, 0.3) is 0 Å². The van der Waals surface area contributed by atoms with Crippen LogP contribution in [0.3, 0.4) is 0 Å². The summed E-state index contributed by atoms with van der Waals surface area (Å²) >= 11 is 0. The molecule has 3 heteroatoms. The summed E-state index contributed by atoms with van der Waals surface area (Å²) in [6.07, 6.45) is 1.98. The Hall–Kier alpha value is -1.09. The van der Waals surface area contributed by atoms with Crippen molar-refractivity contribution in [2.24, 2.45) is 0 Å². The lowest BCUT2D eigenvalue weighted by Gasteiger charge is -2.39. The average Bonchev–Trinajstić information content (AvgIpc) is 2.20. The van der Waals surface area contributed by atoms with Gasteiger partial charge in [-0.25, -0.2) is 0 Å². The minimum atomic E-state index is 0.577. The fourth-order valence-corrected chi connectivity index (χ4v) is 2.15. The molecule has 0 saturated carbocycles. The molecule has 0 N–H and O–H groups in total. The second-order valence-corrected chi connectivity index (χ2v) is 4.46. The molecule has 1 unspecified atom stereocenters. The molecule has 0 aliphatic carbocycles. The zero-order chi connectivity index (χ0) is 10.8. The van der Waals surface area contributed by atoms with Crippen LogP contribution >= 0.6 is 0 Å². The zero-order valence-electron chi connectivity index (χ0n) is 9.77. The first kappa shape index (κ1) is 10.4. The van der Waals surface area contributed by atoms with Crippen molar-refractivity contribution in [1.29, 1.82) is 0 Å². The Morgan fingerprint density at radius 2 is 2.13 bits per heavy atom. The van der Waals surface area contributed by atoms with Gasteiger partial charge in [-0.05, 0) is 33.0 Å². The van der Waals surface area contributed by atoms with Crippen LogP contribution in [0.15, 0.2) is 18.3 Å². The lowest BCUT2D eigenvalue weighted by atomic mass is 10.2. The molecule has 1 atom stereocenters. The molecule has 1 aliphatic heterocycles. The van der Waals surface area contributed by atoms with E-state index in [2.05, 4.69) is 40.9 Å². The van der Waals surface area contributed by atoms with Crippen molar-refractivity contribution in [3.63, 3.8) is 0 Å². The van der Waals surface area contributed by atoms with E-state index in [1.165, 1.54) is 5.69 Å². The zero-order valence-corrected chi connectivity index (χ0v) is 9.77. The summed E-state index contributed by atoms with van der Waals surface area (Å²) in [5, 5.41) is 0. The van der Waals surface area contributed by atoms with Gasteiger partial charge in [0.05, 0.1) is 11.9 Å². The molecule has 1 saturated heterocycles.